The molecular formula is C57H99ClN8O7S2. The Morgan fingerprint density at radius 1 is 0.640 bits per heavy atom. The van der Waals surface area contributed by atoms with Gasteiger partial charge in [-0.2, -0.15) is 9.97 Å². The molecule has 0 aliphatic heterocycles. The summed E-state index contributed by atoms with van der Waals surface area (Å²) < 4.78 is 44.0. The Bertz CT molecular complexity index is 2470. The van der Waals surface area contributed by atoms with Crippen molar-refractivity contribution in [1.82, 2.24) is 30.4 Å². The fourth-order valence-electron chi connectivity index (χ4n) is 20.3. The molecule has 2 aromatic heterocycles. The molecule has 0 radical (unpaired) electrons. The van der Waals surface area contributed by atoms with Crippen LogP contribution in [0.25, 0.3) is 0 Å². The Balaban J connectivity index is 0.000000184. The minimum atomic E-state index is -3.39. The van der Waals surface area contributed by atoms with E-state index in [2.05, 4.69) is 108 Å². The molecule has 75 heavy (non-hydrogen) atoms. The Kier molecular flexibility index (Phi) is 17.7. The SMILES string of the molecule is CC[C@H]1[C@@H](O)[C@@H]2[C@H](CC[C@]3(C)[C@@H]([C@H](C)CCc4nc(N)n[nH]4)CC[C@@H]23)[C@@]2(C)CC[C@@H](C)C[C@@H]12.CC[C@H]1[C@@H](O)[C@@H]2[C@H](CC[C@]3(C)[C@@H]([C@H](C)CCc4nc(NS(C)(=O)=O)n[nH]4)CC[C@@H]23)[C@@]2(C)CC[C@@H](O)C[C@@H]12.CS(=O)(=O)Cl. The van der Waals surface area contributed by atoms with Crippen LogP contribution < -0.4 is 10.5 Å². The van der Waals surface area contributed by atoms with Crippen LogP contribution in [0.5, 0.6) is 0 Å². The molecule has 2 heterocycles. The summed E-state index contributed by atoms with van der Waals surface area (Å²) in [6.45, 7) is 22.1. The number of nitrogens with one attached hydrogen (secondary N) is 3. The van der Waals surface area contributed by atoms with Gasteiger partial charge in [0.25, 0.3) is 5.95 Å². The van der Waals surface area contributed by atoms with Gasteiger partial charge in [0.15, 0.2) is 0 Å². The third kappa shape index (κ3) is 11.8. The first kappa shape index (κ1) is 59.1. The second kappa shape index (κ2) is 22.5. The number of rotatable bonds is 12. The van der Waals surface area contributed by atoms with Crippen LogP contribution in [-0.2, 0) is 31.9 Å². The number of aromatic nitrogens is 6. The number of hydrogen-bond acceptors (Lipinski definition) is 12. The molecule has 8 saturated carbocycles. The van der Waals surface area contributed by atoms with Crippen molar-refractivity contribution in [3.05, 3.63) is 11.6 Å². The van der Waals surface area contributed by atoms with Gasteiger partial charge in [-0.15, -0.1) is 10.2 Å². The number of hydrogen-bond donors (Lipinski definition) is 7. The van der Waals surface area contributed by atoms with Crippen LogP contribution in [0.2, 0.25) is 0 Å². The van der Waals surface area contributed by atoms with Gasteiger partial charge in [-0.25, -0.2) is 16.8 Å². The number of nitrogens with zero attached hydrogens (tertiary/aromatic N) is 4. The van der Waals surface area contributed by atoms with E-state index in [4.69, 9.17) is 5.73 Å². The maximum Gasteiger partial charge on any atom is 0.255 e. The fourth-order valence-corrected chi connectivity index (χ4v) is 20.7. The number of nitrogens with two attached hydrogens (primary N) is 1. The van der Waals surface area contributed by atoms with E-state index < -0.39 is 19.1 Å². The Morgan fingerprint density at radius 3 is 1.52 bits per heavy atom. The first-order chi connectivity index (χ1) is 35.1. The van der Waals surface area contributed by atoms with E-state index in [0.29, 0.717) is 87.7 Å². The van der Waals surface area contributed by atoms with E-state index in [-0.39, 0.29) is 35.1 Å². The molecule has 0 saturated heterocycles. The number of halogens is 1. The van der Waals surface area contributed by atoms with Gasteiger partial charge in [0.1, 0.15) is 11.6 Å². The minimum Gasteiger partial charge on any atom is -0.393 e. The molecule has 8 aliphatic rings. The van der Waals surface area contributed by atoms with Crippen LogP contribution >= 0.6 is 10.7 Å². The smallest absolute Gasteiger partial charge is 0.255 e. The fraction of sp³-hybridized carbons (Fsp3) is 0.930. The molecule has 10 rings (SSSR count). The van der Waals surface area contributed by atoms with Crippen molar-refractivity contribution in [3.63, 3.8) is 0 Å². The normalized spacial score (nSPS) is 43.9. The zero-order valence-electron chi connectivity index (χ0n) is 47.6. The lowest BCUT2D eigenvalue weighted by atomic mass is 9.41. The number of aliphatic hydroxyl groups is 3. The van der Waals surface area contributed by atoms with E-state index in [0.717, 1.165) is 99.8 Å². The lowest BCUT2D eigenvalue weighted by Crippen LogP contribution is -2.62. The molecule has 22 atom stereocenters. The molecule has 428 valence electrons. The van der Waals surface area contributed by atoms with E-state index in [1.807, 2.05) is 0 Å². The average molecular weight is 1110 g/mol. The number of fused-ring (bicyclic) bond motifs is 10. The number of nitrogen functional groups attached to an aromatic ring is 1. The van der Waals surface area contributed by atoms with Crippen molar-refractivity contribution in [3.8, 4) is 0 Å². The molecule has 8 aliphatic carbocycles. The van der Waals surface area contributed by atoms with Crippen molar-refractivity contribution in [2.24, 2.45) is 110 Å². The molecule has 0 amide bonds. The lowest BCUT2D eigenvalue weighted by Gasteiger charge is -2.65. The van der Waals surface area contributed by atoms with Gasteiger partial charge in [0.2, 0.25) is 25.0 Å². The highest BCUT2D eigenvalue weighted by Crippen LogP contribution is 2.71. The monoisotopic (exact) mass is 1110 g/mol. The first-order valence-electron chi connectivity index (χ1n) is 29.6. The van der Waals surface area contributed by atoms with Gasteiger partial charge >= 0.3 is 0 Å². The molecule has 15 nitrogen and oxygen atoms in total. The zero-order chi connectivity index (χ0) is 54.8. The number of aromatic amines is 2. The predicted molar refractivity (Wildman–Crippen MR) is 298 cm³/mol. The quantitative estimate of drug-likeness (QED) is 0.0981. The highest BCUT2D eigenvalue weighted by molar-refractivity contribution is 8.13. The molecule has 0 aromatic carbocycles. The van der Waals surface area contributed by atoms with E-state index >= 15 is 0 Å². The lowest BCUT2D eigenvalue weighted by molar-refractivity contribution is -0.203. The molecule has 8 N–H and O–H groups in total. The van der Waals surface area contributed by atoms with Crippen molar-refractivity contribution >= 4 is 41.7 Å². The third-order valence-corrected chi connectivity index (χ3v) is 24.2. The van der Waals surface area contributed by atoms with Crippen LogP contribution in [0.15, 0.2) is 0 Å². The minimum absolute atomic E-state index is 0.0979. The zero-order valence-corrected chi connectivity index (χ0v) is 50.0. The summed E-state index contributed by atoms with van der Waals surface area (Å²) in [5.41, 5.74) is 6.98. The third-order valence-electron chi connectivity index (χ3n) is 23.6. The maximum absolute atomic E-state index is 11.9. The molecule has 0 bridgehead atoms. The van der Waals surface area contributed by atoms with Gasteiger partial charge in [-0.3, -0.25) is 14.9 Å². The average Bonchev–Trinajstić information content (AvgIpc) is 4.13. The van der Waals surface area contributed by atoms with E-state index in [1.165, 1.54) is 70.6 Å². The van der Waals surface area contributed by atoms with Crippen LogP contribution in [0.3, 0.4) is 0 Å². The maximum atomic E-state index is 11.9. The van der Waals surface area contributed by atoms with Crippen molar-refractivity contribution in [2.75, 3.05) is 23.0 Å². The van der Waals surface area contributed by atoms with Crippen LogP contribution in [0.4, 0.5) is 11.9 Å². The second-order valence-corrected chi connectivity index (χ2v) is 32.3. The van der Waals surface area contributed by atoms with Gasteiger partial charge in [0, 0.05) is 23.5 Å². The standard InChI is InChI=1S/C28H48N4O4S.C28H48N4O.CH3ClO2S/c1-6-18-22-15-17(33)11-13-28(22,4)21-12-14-27(3)19(8-9-20(27)24(21)25(18)34)16(2)7-10-23-29-26(31-30-23)32-37(5,35)36;1-6-18-22-15-16(2)11-13-28(22,5)21-12-14-27(4)19(8-9-20(27)24(21)25(18)33)17(3)7-10-23-30-26(29)32-31-23;1-5(2,3)4/h16-22,24-25,33-34H,6-15H2,1-5H3,(H2,29,30,31,32);16-22,24-25,33H,6-15H2,1-5H3,(H3,29,30,31,32);1H3/t2*16-,17-,18-,19-,20+,21+,22+,24+,25-,27-,28-;/m11./s1. The number of sulfonamides is 1. The van der Waals surface area contributed by atoms with Crippen LogP contribution in [0, 0.1) is 110 Å². The van der Waals surface area contributed by atoms with Crippen molar-refractivity contribution in [1.29, 1.82) is 0 Å². The van der Waals surface area contributed by atoms with Gasteiger partial charge in [-0.05, 0) is 207 Å². The molecule has 18 heteroatoms. The Hall–Kier alpha value is -2.05. The topological polar surface area (TPSA) is 250 Å². The van der Waals surface area contributed by atoms with Gasteiger partial charge in [0.05, 0.1) is 30.8 Å². The predicted octanol–water partition coefficient (Wildman–Crippen LogP) is 10.4. The van der Waals surface area contributed by atoms with Crippen molar-refractivity contribution in [2.45, 2.75) is 209 Å². The number of anilines is 2. The van der Waals surface area contributed by atoms with Crippen molar-refractivity contribution < 1.29 is 32.2 Å². The van der Waals surface area contributed by atoms with E-state index in [1.54, 1.807) is 0 Å². The molecule has 8 fully saturated rings. The molecule has 0 unspecified atom stereocenters. The van der Waals surface area contributed by atoms with Gasteiger partial charge < -0.3 is 21.1 Å². The van der Waals surface area contributed by atoms with Crippen LogP contribution in [0.1, 0.15) is 190 Å². The summed E-state index contributed by atoms with van der Waals surface area (Å²) >= 11 is 0. The summed E-state index contributed by atoms with van der Waals surface area (Å²) in [5.74, 6) is 10.8. The van der Waals surface area contributed by atoms with Crippen LogP contribution in [-0.4, -0.2) is 93.3 Å². The summed E-state index contributed by atoms with van der Waals surface area (Å²) in [6.07, 6.45) is 24.5. The summed E-state index contributed by atoms with van der Waals surface area (Å²) in [6, 6.07) is 0. The number of aryl methyl sites for hydroxylation is 2. The summed E-state index contributed by atoms with van der Waals surface area (Å²) in [4.78, 5) is 8.64. The van der Waals surface area contributed by atoms with E-state index in [9.17, 15) is 32.2 Å². The Morgan fingerprint density at radius 2 is 1.07 bits per heavy atom. The molecule has 0 spiro atoms. The molecular weight excluding hydrogens is 1010 g/mol. The summed E-state index contributed by atoms with van der Waals surface area (Å²) in [5, 5.41) is 48.2. The largest absolute Gasteiger partial charge is 0.393 e. The second-order valence-electron chi connectivity index (χ2n) is 27.5. The number of H-pyrrole nitrogens is 2. The summed E-state index contributed by atoms with van der Waals surface area (Å²) in [7, 11) is -2.08. The molecule has 2 aromatic rings. The Labute approximate surface area is 455 Å². The number of aliphatic hydroxyl groups excluding tert-OH is 3. The van der Waals surface area contributed by atoms with Gasteiger partial charge in [-0.1, -0.05) is 81.6 Å². The first-order valence-corrected chi connectivity index (χ1v) is 34.2. The highest BCUT2D eigenvalue weighted by atomic mass is 35.7. The highest BCUT2D eigenvalue weighted by Gasteiger charge is 2.66.